The number of hydrogen-bond donors (Lipinski definition) is 1. The van der Waals surface area contributed by atoms with Gasteiger partial charge in [0.2, 0.25) is 0 Å². The number of phenols is 1. The second-order valence-electron chi connectivity index (χ2n) is 5.08. The number of aromatic hydroxyl groups is 1. The van der Waals surface area contributed by atoms with E-state index in [9.17, 15) is 9.90 Å². The molecule has 0 aliphatic carbocycles. The Balaban J connectivity index is 2.17. The molecule has 0 radical (unpaired) electrons. The lowest BCUT2D eigenvalue weighted by Crippen LogP contribution is -2.13. The molecule has 1 atom stereocenters. The molecule has 0 saturated heterocycles. The molecule has 3 aromatic rings. The number of fused-ring (bicyclic) bond motifs is 1. The molecule has 1 N–H and O–H groups in total. The molecule has 0 amide bonds. The van der Waals surface area contributed by atoms with Crippen LogP contribution < -0.4 is 5.63 Å². The zero-order valence-corrected chi connectivity index (χ0v) is 11.7. The Morgan fingerprint density at radius 3 is 2.57 bits per heavy atom. The Bertz CT molecular complexity index is 819. The number of hydrogen-bond acceptors (Lipinski definition) is 3. The lowest BCUT2D eigenvalue weighted by Gasteiger charge is -2.15. The minimum atomic E-state index is -0.344. The summed E-state index contributed by atoms with van der Waals surface area (Å²) in [5.41, 5.74) is 1.82. The third-order valence-corrected chi connectivity index (χ3v) is 3.73. The van der Waals surface area contributed by atoms with Gasteiger partial charge in [-0.3, -0.25) is 0 Å². The third kappa shape index (κ3) is 2.55. The predicted molar refractivity (Wildman–Crippen MR) is 82.7 cm³/mol. The summed E-state index contributed by atoms with van der Waals surface area (Å²) in [6.45, 7) is 2.05. The van der Waals surface area contributed by atoms with Gasteiger partial charge in [-0.25, -0.2) is 4.79 Å². The first-order valence-electron chi connectivity index (χ1n) is 7.00. The smallest absolute Gasteiger partial charge is 0.340 e. The van der Waals surface area contributed by atoms with Gasteiger partial charge in [0, 0.05) is 22.9 Å². The van der Waals surface area contributed by atoms with Crippen LogP contribution in [0.4, 0.5) is 0 Å². The van der Waals surface area contributed by atoms with Crippen molar-refractivity contribution in [3.63, 3.8) is 0 Å². The summed E-state index contributed by atoms with van der Waals surface area (Å²) in [7, 11) is 0. The molecule has 3 heteroatoms. The Morgan fingerprint density at radius 1 is 1.10 bits per heavy atom. The van der Waals surface area contributed by atoms with Crippen LogP contribution in [-0.4, -0.2) is 5.11 Å². The molecule has 3 nitrogen and oxygen atoms in total. The van der Waals surface area contributed by atoms with Gasteiger partial charge >= 0.3 is 5.63 Å². The van der Waals surface area contributed by atoms with Crippen LogP contribution in [-0.2, 0) is 0 Å². The SMILES string of the molecule is CCC(c1ccccc1)c1cc2ccc(O)cc2oc1=O. The molecule has 0 aliphatic rings. The number of rotatable bonds is 3. The van der Waals surface area contributed by atoms with Crippen molar-refractivity contribution in [2.75, 3.05) is 0 Å². The van der Waals surface area contributed by atoms with Gasteiger partial charge in [0.25, 0.3) is 0 Å². The van der Waals surface area contributed by atoms with E-state index in [0.29, 0.717) is 11.1 Å². The third-order valence-electron chi connectivity index (χ3n) is 3.73. The minimum Gasteiger partial charge on any atom is -0.508 e. The highest BCUT2D eigenvalue weighted by molar-refractivity contribution is 5.78. The normalized spacial score (nSPS) is 12.4. The van der Waals surface area contributed by atoms with Gasteiger partial charge in [-0.1, -0.05) is 37.3 Å². The van der Waals surface area contributed by atoms with Gasteiger partial charge in [0.15, 0.2) is 0 Å². The molecule has 1 aromatic heterocycles. The maximum Gasteiger partial charge on any atom is 0.340 e. The van der Waals surface area contributed by atoms with Crippen molar-refractivity contribution >= 4 is 11.0 Å². The Labute approximate surface area is 122 Å². The molecule has 0 fully saturated rings. The summed E-state index contributed by atoms with van der Waals surface area (Å²) in [5, 5.41) is 10.3. The van der Waals surface area contributed by atoms with Gasteiger partial charge in [-0.15, -0.1) is 0 Å². The molecule has 0 aliphatic heterocycles. The molecule has 1 heterocycles. The van der Waals surface area contributed by atoms with Crippen LogP contribution >= 0.6 is 0 Å². The highest BCUT2D eigenvalue weighted by Crippen LogP contribution is 2.28. The largest absolute Gasteiger partial charge is 0.508 e. The molecular weight excluding hydrogens is 264 g/mol. The molecule has 3 rings (SSSR count). The highest BCUT2D eigenvalue weighted by atomic mass is 16.4. The van der Waals surface area contributed by atoms with Gasteiger partial charge in [-0.2, -0.15) is 0 Å². The van der Waals surface area contributed by atoms with Crippen molar-refractivity contribution in [3.05, 3.63) is 76.1 Å². The van der Waals surface area contributed by atoms with Gasteiger partial charge in [0.1, 0.15) is 11.3 Å². The van der Waals surface area contributed by atoms with Gasteiger partial charge in [0.05, 0.1) is 0 Å². The zero-order chi connectivity index (χ0) is 14.8. The summed E-state index contributed by atoms with van der Waals surface area (Å²) in [6.07, 6.45) is 0.818. The van der Waals surface area contributed by atoms with Crippen molar-refractivity contribution in [1.82, 2.24) is 0 Å². The Morgan fingerprint density at radius 2 is 1.86 bits per heavy atom. The van der Waals surface area contributed by atoms with Crippen molar-refractivity contribution in [1.29, 1.82) is 0 Å². The van der Waals surface area contributed by atoms with Crippen LogP contribution in [0.2, 0.25) is 0 Å². The van der Waals surface area contributed by atoms with Crippen LogP contribution in [0, 0.1) is 0 Å². The van der Waals surface area contributed by atoms with E-state index in [4.69, 9.17) is 4.42 Å². The first kappa shape index (κ1) is 13.4. The van der Waals surface area contributed by atoms with Crippen molar-refractivity contribution in [2.45, 2.75) is 19.3 Å². The van der Waals surface area contributed by atoms with E-state index < -0.39 is 0 Å². The fourth-order valence-corrected chi connectivity index (χ4v) is 2.68. The lowest BCUT2D eigenvalue weighted by atomic mass is 9.90. The van der Waals surface area contributed by atoms with E-state index in [2.05, 4.69) is 6.92 Å². The van der Waals surface area contributed by atoms with E-state index in [0.717, 1.165) is 17.4 Å². The molecular formula is C18H16O3. The maximum absolute atomic E-state index is 12.3. The summed E-state index contributed by atoms with van der Waals surface area (Å²) in [5.74, 6) is 0.106. The van der Waals surface area contributed by atoms with Crippen LogP contribution in [0.3, 0.4) is 0 Å². The summed E-state index contributed by atoms with van der Waals surface area (Å²) < 4.78 is 5.36. The number of phenolic OH excluding ortho intramolecular Hbond substituents is 1. The molecule has 1 unspecified atom stereocenters. The van der Waals surface area contributed by atoms with Crippen molar-refractivity contribution in [3.8, 4) is 5.75 Å². The predicted octanol–water partition coefficient (Wildman–Crippen LogP) is 4.04. The average molecular weight is 280 g/mol. The van der Waals surface area contributed by atoms with E-state index in [1.807, 2.05) is 36.4 Å². The lowest BCUT2D eigenvalue weighted by molar-refractivity contribution is 0.472. The topological polar surface area (TPSA) is 50.4 Å². The quantitative estimate of drug-likeness (QED) is 0.737. The second-order valence-corrected chi connectivity index (χ2v) is 5.08. The fraction of sp³-hybridized carbons (Fsp3) is 0.167. The highest BCUT2D eigenvalue weighted by Gasteiger charge is 2.17. The molecule has 2 aromatic carbocycles. The summed E-state index contributed by atoms with van der Waals surface area (Å²) in [6, 6.07) is 16.6. The first-order chi connectivity index (χ1) is 10.2. The molecule has 0 spiro atoms. The van der Waals surface area contributed by atoms with E-state index >= 15 is 0 Å². The fourth-order valence-electron chi connectivity index (χ4n) is 2.68. The van der Waals surface area contributed by atoms with Gasteiger partial charge in [-0.05, 0) is 30.2 Å². The molecule has 106 valence electrons. The Kier molecular flexibility index (Phi) is 3.48. The van der Waals surface area contributed by atoms with E-state index in [-0.39, 0.29) is 17.3 Å². The van der Waals surface area contributed by atoms with Crippen LogP contribution in [0.25, 0.3) is 11.0 Å². The minimum absolute atomic E-state index is 0.0145. The second kappa shape index (κ2) is 5.44. The van der Waals surface area contributed by atoms with Crippen LogP contribution in [0.5, 0.6) is 5.75 Å². The van der Waals surface area contributed by atoms with Gasteiger partial charge < -0.3 is 9.52 Å². The average Bonchev–Trinajstić information content (AvgIpc) is 2.50. The Hall–Kier alpha value is -2.55. The number of benzene rings is 2. The summed E-state index contributed by atoms with van der Waals surface area (Å²) >= 11 is 0. The molecule has 0 bridgehead atoms. The van der Waals surface area contributed by atoms with E-state index in [1.165, 1.54) is 6.07 Å². The zero-order valence-electron chi connectivity index (χ0n) is 11.7. The van der Waals surface area contributed by atoms with E-state index in [1.54, 1.807) is 12.1 Å². The summed E-state index contributed by atoms with van der Waals surface area (Å²) in [4.78, 5) is 12.3. The standard InChI is InChI=1S/C18H16O3/c1-2-15(12-6-4-3-5-7-12)16-10-13-8-9-14(19)11-17(13)21-18(16)20/h3-11,15,19H,2H2,1H3. The molecule has 0 saturated carbocycles. The van der Waals surface area contributed by atoms with Crippen molar-refractivity contribution in [2.24, 2.45) is 0 Å². The van der Waals surface area contributed by atoms with Crippen LogP contribution in [0.15, 0.2) is 63.8 Å². The first-order valence-corrected chi connectivity index (χ1v) is 7.00. The monoisotopic (exact) mass is 280 g/mol. The maximum atomic E-state index is 12.3. The molecule has 21 heavy (non-hydrogen) atoms. The van der Waals surface area contributed by atoms with Crippen molar-refractivity contribution < 1.29 is 9.52 Å². The van der Waals surface area contributed by atoms with Crippen LogP contribution in [0.1, 0.15) is 30.4 Å².